The van der Waals surface area contributed by atoms with E-state index < -0.39 is 0 Å². The minimum absolute atomic E-state index is 0.494. The normalized spacial score (nSPS) is 10.9. The molecular weight excluding hydrogens is 294 g/mol. The van der Waals surface area contributed by atoms with Gasteiger partial charge in [0.05, 0.1) is 0 Å². The SMILES string of the molecule is CC(C)CNc1nc(Cc2cccc(Br)c2)no1. The second kappa shape index (κ2) is 6.00. The van der Waals surface area contributed by atoms with E-state index in [9.17, 15) is 0 Å². The van der Waals surface area contributed by atoms with Crippen LogP contribution in [0.5, 0.6) is 0 Å². The quantitative estimate of drug-likeness (QED) is 0.918. The van der Waals surface area contributed by atoms with Gasteiger partial charge in [0.2, 0.25) is 0 Å². The van der Waals surface area contributed by atoms with Gasteiger partial charge in [-0.25, -0.2) is 0 Å². The number of halogens is 1. The average Bonchev–Trinajstić information content (AvgIpc) is 2.74. The highest BCUT2D eigenvalue weighted by Crippen LogP contribution is 2.15. The number of hydrogen-bond acceptors (Lipinski definition) is 4. The molecule has 4 nitrogen and oxygen atoms in total. The van der Waals surface area contributed by atoms with Gasteiger partial charge in [-0.1, -0.05) is 47.1 Å². The zero-order chi connectivity index (χ0) is 13.0. The molecule has 18 heavy (non-hydrogen) atoms. The van der Waals surface area contributed by atoms with E-state index in [4.69, 9.17) is 4.52 Å². The molecule has 0 aliphatic rings. The minimum atomic E-state index is 0.494. The summed E-state index contributed by atoms with van der Waals surface area (Å²) in [6.45, 7) is 5.09. The summed E-state index contributed by atoms with van der Waals surface area (Å²) in [6, 6.07) is 8.58. The van der Waals surface area contributed by atoms with E-state index in [1.807, 2.05) is 18.2 Å². The van der Waals surface area contributed by atoms with Gasteiger partial charge in [-0.05, 0) is 23.6 Å². The van der Waals surface area contributed by atoms with Crippen molar-refractivity contribution in [1.29, 1.82) is 0 Å². The first kappa shape index (κ1) is 13.1. The summed E-state index contributed by atoms with van der Waals surface area (Å²) in [7, 11) is 0. The summed E-state index contributed by atoms with van der Waals surface area (Å²) in [4.78, 5) is 4.30. The van der Waals surface area contributed by atoms with Gasteiger partial charge in [-0.15, -0.1) is 0 Å². The zero-order valence-corrected chi connectivity index (χ0v) is 12.1. The molecule has 0 atom stereocenters. The lowest BCUT2D eigenvalue weighted by Gasteiger charge is -2.02. The van der Waals surface area contributed by atoms with Crippen LogP contribution in [-0.4, -0.2) is 16.7 Å². The fraction of sp³-hybridized carbons (Fsp3) is 0.385. The summed E-state index contributed by atoms with van der Waals surface area (Å²) in [5.41, 5.74) is 1.15. The van der Waals surface area contributed by atoms with Crippen LogP contribution < -0.4 is 5.32 Å². The van der Waals surface area contributed by atoms with Crippen molar-refractivity contribution in [2.24, 2.45) is 5.92 Å². The molecule has 0 aliphatic heterocycles. The minimum Gasteiger partial charge on any atom is -0.338 e. The number of benzene rings is 1. The van der Waals surface area contributed by atoms with E-state index in [2.05, 4.69) is 51.3 Å². The number of rotatable bonds is 5. The summed E-state index contributed by atoms with van der Waals surface area (Å²) in [6.07, 6.45) is 0.673. The van der Waals surface area contributed by atoms with Crippen molar-refractivity contribution in [1.82, 2.24) is 10.1 Å². The monoisotopic (exact) mass is 309 g/mol. The zero-order valence-electron chi connectivity index (χ0n) is 10.5. The summed E-state index contributed by atoms with van der Waals surface area (Å²) in [5, 5.41) is 7.07. The van der Waals surface area contributed by atoms with E-state index in [0.717, 1.165) is 16.6 Å². The maximum atomic E-state index is 5.13. The summed E-state index contributed by atoms with van der Waals surface area (Å²) >= 11 is 3.44. The van der Waals surface area contributed by atoms with Crippen LogP contribution in [0.25, 0.3) is 0 Å². The van der Waals surface area contributed by atoms with Crippen molar-refractivity contribution in [3.05, 3.63) is 40.1 Å². The third-order valence-corrected chi connectivity index (χ3v) is 2.87. The number of anilines is 1. The van der Waals surface area contributed by atoms with Gasteiger partial charge in [-0.3, -0.25) is 0 Å². The van der Waals surface area contributed by atoms with E-state index in [1.54, 1.807) is 0 Å². The third-order valence-electron chi connectivity index (χ3n) is 2.38. The van der Waals surface area contributed by atoms with Gasteiger partial charge in [0.15, 0.2) is 5.82 Å². The third kappa shape index (κ3) is 3.84. The van der Waals surface area contributed by atoms with Crippen LogP contribution in [0.2, 0.25) is 0 Å². The highest BCUT2D eigenvalue weighted by Gasteiger charge is 2.07. The van der Waals surface area contributed by atoms with Crippen molar-refractivity contribution in [2.75, 3.05) is 11.9 Å². The Morgan fingerprint density at radius 1 is 1.39 bits per heavy atom. The summed E-state index contributed by atoms with van der Waals surface area (Å²) in [5.74, 6) is 1.24. The number of nitrogens with zero attached hydrogens (tertiary/aromatic N) is 2. The molecule has 0 spiro atoms. The van der Waals surface area contributed by atoms with Gasteiger partial charge in [0.1, 0.15) is 0 Å². The Bertz CT molecular complexity index is 510. The summed E-state index contributed by atoms with van der Waals surface area (Å²) < 4.78 is 6.19. The Kier molecular flexibility index (Phi) is 4.36. The maximum Gasteiger partial charge on any atom is 0.321 e. The molecule has 1 heterocycles. The average molecular weight is 310 g/mol. The molecule has 0 bridgehead atoms. The molecular formula is C13H16BrN3O. The maximum absolute atomic E-state index is 5.13. The van der Waals surface area contributed by atoms with Crippen molar-refractivity contribution in [3.8, 4) is 0 Å². The molecule has 0 saturated carbocycles. The Hall–Kier alpha value is -1.36. The largest absolute Gasteiger partial charge is 0.338 e. The highest BCUT2D eigenvalue weighted by atomic mass is 79.9. The first-order valence-corrected chi connectivity index (χ1v) is 6.73. The Labute approximate surface area is 115 Å². The molecule has 2 rings (SSSR count). The lowest BCUT2D eigenvalue weighted by atomic mass is 10.1. The highest BCUT2D eigenvalue weighted by molar-refractivity contribution is 9.10. The Balaban J connectivity index is 1.98. The van der Waals surface area contributed by atoms with Crippen molar-refractivity contribution < 1.29 is 4.52 Å². The topological polar surface area (TPSA) is 51.0 Å². The predicted molar refractivity (Wildman–Crippen MR) is 74.6 cm³/mol. The van der Waals surface area contributed by atoms with Crippen molar-refractivity contribution in [2.45, 2.75) is 20.3 Å². The molecule has 0 saturated heterocycles. The Morgan fingerprint density at radius 2 is 2.22 bits per heavy atom. The van der Waals surface area contributed by atoms with Crippen LogP contribution in [0.4, 0.5) is 6.01 Å². The van der Waals surface area contributed by atoms with Crippen LogP contribution in [0.3, 0.4) is 0 Å². The fourth-order valence-electron chi connectivity index (χ4n) is 1.52. The number of nitrogens with one attached hydrogen (secondary N) is 1. The second-order valence-corrected chi connectivity index (χ2v) is 5.51. The van der Waals surface area contributed by atoms with E-state index in [1.165, 1.54) is 0 Å². The van der Waals surface area contributed by atoms with Crippen LogP contribution in [0, 0.1) is 5.92 Å². The van der Waals surface area contributed by atoms with Gasteiger partial charge in [0, 0.05) is 17.4 Å². The van der Waals surface area contributed by atoms with Gasteiger partial charge in [-0.2, -0.15) is 4.98 Å². The molecule has 96 valence electrons. The van der Waals surface area contributed by atoms with Crippen molar-refractivity contribution in [3.63, 3.8) is 0 Å². The number of aromatic nitrogens is 2. The molecule has 2 aromatic rings. The van der Waals surface area contributed by atoms with E-state index in [0.29, 0.717) is 24.2 Å². The molecule has 0 amide bonds. The second-order valence-electron chi connectivity index (χ2n) is 4.60. The van der Waals surface area contributed by atoms with Gasteiger partial charge >= 0.3 is 6.01 Å². The molecule has 0 radical (unpaired) electrons. The standard InChI is InChI=1S/C13H16BrN3O/c1-9(2)8-15-13-16-12(17-18-13)7-10-4-3-5-11(14)6-10/h3-6,9H,7-8H2,1-2H3,(H,15,16,17). The lowest BCUT2D eigenvalue weighted by Crippen LogP contribution is -2.08. The molecule has 0 fully saturated rings. The van der Waals surface area contributed by atoms with Crippen LogP contribution in [-0.2, 0) is 6.42 Å². The molecule has 5 heteroatoms. The van der Waals surface area contributed by atoms with Crippen molar-refractivity contribution >= 4 is 21.9 Å². The smallest absolute Gasteiger partial charge is 0.321 e. The van der Waals surface area contributed by atoms with Crippen LogP contribution in [0.15, 0.2) is 33.3 Å². The van der Waals surface area contributed by atoms with Crippen LogP contribution >= 0.6 is 15.9 Å². The first-order chi connectivity index (χ1) is 8.63. The lowest BCUT2D eigenvalue weighted by molar-refractivity contribution is 0.421. The molecule has 0 aliphatic carbocycles. The van der Waals surface area contributed by atoms with E-state index >= 15 is 0 Å². The Morgan fingerprint density at radius 3 is 2.94 bits per heavy atom. The molecule has 1 aromatic heterocycles. The fourth-order valence-corrected chi connectivity index (χ4v) is 1.97. The molecule has 1 N–H and O–H groups in total. The van der Waals surface area contributed by atoms with E-state index in [-0.39, 0.29) is 0 Å². The molecule has 0 unspecified atom stereocenters. The first-order valence-electron chi connectivity index (χ1n) is 5.94. The van der Waals surface area contributed by atoms with Crippen LogP contribution in [0.1, 0.15) is 25.2 Å². The predicted octanol–water partition coefficient (Wildman–Crippen LogP) is 3.49. The van der Waals surface area contributed by atoms with Gasteiger partial charge in [0.25, 0.3) is 0 Å². The molecule has 1 aromatic carbocycles. The van der Waals surface area contributed by atoms with Gasteiger partial charge < -0.3 is 9.84 Å². The number of hydrogen-bond donors (Lipinski definition) is 1.